The van der Waals surface area contributed by atoms with E-state index >= 15 is 0 Å². The largest absolute Gasteiger partial charge is 0.508 e. The van der Waals surface area contributed by atoms with E-state index in [0.717, 1.165) is 6.42 Å². The SMILES string of the molecule is CC[C@H](C)COC(=O)OC[C@@]1(C)O[C@@H](c2ccc3c(N)ncnn23)[C@H](O)C1O. The van der Waals surface area contributed by atoms with E-state index in [1.54, 1.807) is 19.1 Å². The van der Waals surface area contributed by atoms with Crippen LogP contribution in [-0.2, 0) is 14.2 Å². The van der Waals surface area contributed by atoms with Gasteiger partial charge in [0.1, 0.15) is 42.4 Å². The van der Waals surface area contributed by atoms with Crippen molar-refractivity contribution in [3.8, 4) is 0 Å². The highest BCUT2D eigenvalue weighted by atomic mass is 16.7. The molecule has 28 heavy (non-hydrogen) atoms. The number of fused-ring (bicyclic) bond motifs is 1. The Hall–Kier alpha value is -2.43. The van der Waals surface area contributed by atoms with Gasteiger partial charge in [0, 0.05) is 0 Å². The molecule has 2 aromatic rings. The fourth-order valence-electron chi connectivity index (χ4n) is 3.07. The highest BCUT2D eigenvalue weighted by Gasteiger charge is 2.53. The number of ether oxygens (including phenoxy) is 3. The van der Waals surface area contributed by atoms with Crippen molar-refractivity contribution in [1.82, 2.24) is 14.6 Å². The minimum absolute atomic E-state index is 0.222. The molecule has 1 saturated heterocycles. The number of carbonyl (C=O) groups excluding carboxylic acids is 1. The van der Waals surface area contributed by atoms with Gasteiger partial charge in [0.05, 0.1) is 12.3 Å². The van der Waals surface area contributed by atoms with Crippen LogP contribution in [0.1, 0.15) is 39.0 Å². The number of aromatic nitrogens is 3. The smallest absolute Gasteiger partial charge is 0.434 e. The van der Waals surface area contributed by atoms with E-state index in [9.17, 15) is 15.0 Å². The Labute approximate surface area is 162 Å². The van der Waals surface area contributed by atoms with Crippen LogP contribution in [0.2, 0.25) is 0 Å². The van der Waals surface area contributed by atoms with Crippen molar-refractivity contribution in [3.63, 3.8) is 0 Å². The summed E-state index contributed by atoms with van der Waals surface area (Å²) in [5.41, 5.74) is 5.57. The van der Waals surface area contributed by atoms with Crippen LogP contribution in [0.5, 0.6) is 0 Å². The van der Waals surface area contributed by atoms with Crippen LogP contribution < -0.4 is 5.73 Å². The van der Waals surface area contributed by atoms with Crippen LogP contribution in [0.4, 0.5) is 10.6 Å². The molecular formula is C18H26N4O6. The van der Waals surface area contributed by atoms with Gasteiger partial charge < -0.3 is 30.2 Å². The standard InChI is InChI=1S/C18H26N4O6/c1-4-10(2)7-26-17(25)27-8-18(3)15(24)13(23)14(28-18)11-5-6-12-16(19)20-9-21-22(11)12/h5-6,9-10,13-15,23-24H,4,7-8H2,1-3H3,(H2,19,20,21)/t10-,13-,14-,15?,18+/m0/s1. The van der Waals surface area contributed by atoms with Gasteiger partial charge in [-0.15, -0.1) is 0 Å². The van der Waals surface area contributed by atoms with E-state index in [1.165, 1.54) is 10.8 Å². The van der Waals surface area contributed by atoms with Crippen LogP contribution in [-0.4, -0.2) is 62.0 Å². The van der Waals surface area contributed by atoms with Gasteiger partial charge >= 0.3 is 6.16 Å². The molecule has 0 bridgehead atoms. The van der Waals surface area contributed by atoms with Crippen LogP contribution >= 0.6 is 0 Å². The van der Waals surface area contributed by atoms with Crippen molar-refractivity contribution in [2.24, 2.45) is 5.92 Å². The summed E-state index contributed by atoms with van der Waals surface area (Å²) in [5.74, 6) is 0.504. The normalized spacial score (nSPS) is 28.4. The molecule has 0 saturated carbocycles. The minimum atomic E-state index is -1.32. The lowest BCUT2D eigenvalue weighted by atomic mass is 9.97. The average molecular weight is 394 g/mol. The van der Waals surface area contributed by atoms with Gasteiger partial charge in [0.25, 0.3) is 0 Å². The summed E-state index contributed by atoms with van der Waals surface area (Å²) in [6.45, 7) is 5.48. The maximum Gasteiger partial charge on any atom is 0.508 e. The number of nitrogen functional groups attached to an aromatic ring is 1. The number of rotatable bonds is 6. The fraction of sp³-hybridized carbons (Fsp3) is 0.611. The van der Waals surface area contributed by atoms with Crippen molar-refractivity contribution in [1.29, 1.82) is 0 Å². The quantitative estimate of drug-likeness (QED) is 0.613. The zero-order chi connectivity index (χ0) is 20.5. The molecule has 3 rings (SSSR count). The number of nitrogens with zero attached hydrogens (tertiary/aromatic N) is 3. The monoisotopic (exact) mass is 394 g/mol. The molecule has 5 atom stereocenters. The number of anilines is 1. The molecule has 1 fully saturated rings. The van der Waals surface area contributed by atoms with Crippen molar-refractivity contribution in [2.45, 2.75) is 51.1 Å². The molecule has 0 amide bonds. The number of hydrogen-bond acceptors (Lipinski definition) is 9. The Balaban J connectivity index is 1.70. The Kier molecular flexibility index (Phi) is 5.73. The highest BCUT2D eigenvalue weighted by molar-refractivity contribution is 5.65. The van der Waals surface area contributed by atoms with E-state index in [-0.39, 0.29) is 24.9 Å². The lowest BCUT2D eigenvalue weighted by molar-refractivity contribution is -0.109. The van der Waals surface area contributed by atoms with Gasteiger partial charge in [-0.25, -0.2) is 14.3 Å². The van der Waals surface area contributed by atoms with Crippen molar-refractivity contribution >= 4 is 17.5 Å². The highest BCUT2D eigenvalue weighted by Crippen LogP contribution is 2.40. The molecule has 3 heterocycles. The minimum Gasteiger partial charge on any atom is -0.434 e. The van der Waals surface area contributed by atoms with E-state index < -0.39 is 30.1 Å². The molecule has 0 radical (unpaired) electrons. The first-order valence-corrected chi connectivity index (χ1v) is 9.18. The Morgan fingerprint density at radius 2 is 2.18 bits per heavy atom. The number of hydrogen-bond donors (Lipinski definition) is 3. The lowest BCUT2D eigenvalue weighted by Crippen LogP contribution is -2.44. The van der Waals surface area contributed by atoms with Crippen LogP contribution in [0.25, 0.3) is 5.52 Å². The van der Waals surface area contributed by atoms with Crippen molar-refractivity contribution in [3.05, 3.63) is 24.2 Å². The molecule has 1 aliphatic heterocycles. The Morgan fingerprint density at radius 1 is 1.43 bits per heavy atom. The number of aliphatic hydroxyl groups is 2. The van der Waals surface area contributed by atoms with Crippen LogP contribution in [0.3, 0.4) is 0 Å². The number of carbonyl (C=O) groups is 1. The Morgan fingerprint density at radius 3 is 2.89 bits per heavy atom. The molecule has 154 valence electrons. The summed E-state index contributed by atoms with van der Waals surface area (Å²) >= 11 is 0. The van der Waals surface area contributed by atoms with E-state index in [2.05, 4.69) is 10.1 Å². The molecule has 2 aromatic heterocycles. The molecule has 10 heteroatoms. The molecule has 1 aliphatic rings. The maximum absolute atomic E-state index is 11.8. The van der Waals surface area contributed by atoms with Gasteiger partial charge in [-0.2, -0.15) is 5.10 Å². The van der Waals surface area contributed by atoms with Gasteiger partial charge in [-0.3, -0.25) is 0 Å². The molecule has 0 aliphatic carbocycles. The topological polar surface area (TPSA) is 141 Å². The number of aliphatic hydroxyl groups excluding tert-OH is 2. The summed E-state index contributed by atoms with van der Waals surface area (Å²) in [6.07, 6.45) is -2.11. The van der Waals surface area contributed by atoms with Gasteiger partial charge in [0.15, 0.2) is 5.82 Å². The summed E-state index contributed by atoms with van der Waals surface area (Å²) in [7, 11) is 0. The molecule has 0 aromatic carbocycles. The second-order valence-electron chi connectivity index (χ2n) is 7.35. The third-order valence-corrected chi connectivity index (χ3v) is 5.12. The van der Waals surface area contributed by atoms with E-state index in [1.807, 2.05) is 13.8 Å². The molecule has 4 N–H and O–H groups in total. The first-order valence-electron chi connectivity index (χ1n) is 9.18. The Bertz CT molecular complexity index is 843. The first-order chi connectivity index (χ1) is 13.3. The van der Waals surface area contributed by atoms with Crippen molar-refractivity contribution in [2.75, 3.05) is 18.9 Å². The summed E-state index contributed by atoms with van der Waals surface area (Å²) in [4.78, 5) is 15.7. The second kappa shape index (κ2) is 7.90. The summed E-state index contributed by atoms with van der Waals surface area (Å²) in [6, 6.07) is 3.39. The van der Waals surface area contributed by atoms with E-state index in [4.69, 9.17) is 19.9 Å². The van der Waals surface area contributed by atoms with Gasteiger partial charge in [0.2, 0.25) is 0 Å². The zero-order valence-electron chi connectivity index (χ0n) is 16.1. The zero-order valence-corrected chi connectivity index (χ0v) is 16.1. The second-order valence-corrected chi connectivity index (χ2v) is 7.35. The van der Waals surface area contributed by atoms with Gasteiger partial charge in [-0.1, -0.05) is 20.3 Å². The predicted molar refractivity (Wildman–Crippen MR) is 98.4 cm³/mol. The third-order valence-electron chi connectivity index (χ3n) is 5.12. The molecule has 0 spiro atoms. The lowest BCUT2D eigenvalue weighted by Gasteiger charge is -2.26. The van der Waals surface area contributed by atoms with Crippen LogP contribution in [0.15, 0.2) is 18.5 Å². The fourth-order valence-corrected chi connectivity index (χ4v) is 3.07. The van der Waals surface area contributed by atoms with E-state index in [0.29, 0.717) is 11.2 Å². The van der Waals surface area contributed by atoms with Crippen LogP contribution in [0, 0.1) is 5.92 Å². The number of nitrogens with two attached hydrogens (primary N) is 1. The third kappa shape index (κ3) is 3.75. The molecule has 1 unspecified atom stereocenters. The summed E-state index contributed by atoms with van der Waals surface area (Å²) in [5, 5.41) is 25.2. The molecular weight excluding hydrogens is 368 g/mol. The molecule has 10 nitrogen and oxygen atoms in total. The maximum atomic E-state index is 11.8. The van der Waals surface area contributed by atoms with Crippen molar-refractivity contribution < 1.29 is 29.2 Å². The average Bonchev–Trinajstić information content (AvgIpc) is 3.21. The van der Waals surface area contributed by atoms with Gasteiger partial charge in [-0.05, 0) is 25.0 Å². The summed E-state index contributed by atoms with van der Waals surface area (Å²) < 4.78 is 17.5. The predicted octanol–water partition coefficient (Wildman–Crippen LogP) is 1.06. The first kappa shape index (κ1) is 20.3.